The van der Waals surface area contributed by atoms with Gasteiger partial charge in [0.2, 0.25) is 5.79 Å². The third-order valence-corrected chi connectivity index (χ3v) is 6.87. The summed E-state index contributed by atoms with van der Waals surface area (Å²) in [5, 5.41) is 80.3. The number of rotatable bonds is 17. The Morgan fingerprint density at radius 2 is 1.44 bits per heavy atom. The molecule has 0 aliphatic carbocycles. The Labute approximate surface area is 212 Å². The highest BCUT2D eigenvalue weighted by Gasteiger charge is 2.58. The summed E-state index contributed by atoms with van der Waals surface area (Å²) in [7, 11) is 0. The van der Waals surface area contributed by atoms with Crippen molar-refractivity contribution in [2.75, 3.05) is 26.4 Å². The second-order valence-electron chi connectivity index (χ2n) is 9.83. The zero-order valence-corrected chi connectivity index (χ0v) is 21.1. The molecule has 0 amide bonds. The van der Waals surface area contributed by atoms with Crippen LogP contribution in [-0.4, -0.2) is 128 Å². The van der Waals surface area contributed by atoms with Crippen molar-refractivity contribution in [1.82, 2.24) is 0 Å². The highest BCUT2D eigenvalue weighted by atomic mass is 16.8. The minimum Gasteiger partial charge on any atom is -0.394 e. The zero-order chi connectivity index (χ0) is 26.7. The second kappa shape index (κ2) is 15.8. The van der Waals surface area contributed by atoms with E-state index in [1.54, 1.807) is 0 Å². The molecule has 12 heteroatoms. The van der Waals surface area contributed by atoms with Gasteiger partial charge in [-0.1, -0.05) is 58.3 Å². The number of aliphatic hydroxyl groups excluding tert-OH is 8. The molecule has 0 saturated carbocycles. The predicted octanol–water partition coefficient (Wildman–Crippen LogP) is -1.48. The first-order valence-electron chi connectivity index (χ1n) is 13.1. The summed E-state index contributed by atoms with van der Waals surface area (Å²) in [6, 6.07) is 0. The molecule has 0 radical (unpaired) electrons. The third kappa shape index (κ3) is 8.52. The number of ether oxygens (including phenoxy) is 4. The van der Waals surface area contributed by atoms with Crippen LogP contribution in [0.15, 0.2) is 0 Å². The SMILES string of the molecule is CCCCCCCCCCC(O)COC[C@H]1O[C@@](CO)(O[C@H]2O[C@H](CO)[C@@H](O)[C@H](O)[C@H]2O)[C@@H](O)[C@@H]1O. The molecular formula is C24H46O12. The van der Waals surface area contributed by atoms with E-state index >= 15 is 0 Å². The molecule has 2 heterocycles. The van der Waals surface area contributed by atoms with Gasteiger partial charge in [-0.25, -0.2) is 0 Å². The minimum absolute atomic E-state index is 0.00112. The quantitative estimate of drug-likeness (QED) is 0.102. The molecule has 0 spiro atoms. The monoisotopic (exact) mass is 526 g/mol. The largest absolute Gasteiger partial charge is 0.394 e. The summed E-state index contributed by atoms with van der Waals surface area (Å²) < 4.78 is 21.7. The van der Waals surface area contributed by atoms with Crippen LogP contribution in [0.1, 0.15) is 64.7 Å². The van der Waals surface area contributed by atoms with Gasteiger partial charge in [0.15, 0.2) is 6.29 Å². The van der Waals surface area contributed by atoms with E-state index in [0.717, 1.165) is 19.3 Å². The molecule has 2 fully saturated rings. The molecule has 2 aliphatic rings. The lowest BCUT2D eigenvalue weighted by atomic mass is 9.99. The van der Waals surface area contributed by atoms with Crippen molar-refractivity contribution >= 4 is 0 Å². The Bertz CT molecular complexity index is 595. The van der Waals surface area contributed by atoms with Gasteiger partial charge in [-0.15, -0.1) is 0 Å². The standard InChI is InChI=1S/C24H46O12/c1-2-3-4-5-6-7-8-9-10-15(27)12-33-13-17-19(29)22(32)24(14-26,35-17)36-23-21(31)20(30)18(28)16(11-25)34-23/h15-23,25-32H,2-14H2,1H3/t15?,16-,17-,18-,19-,20+,21-,22+,23-,24+/m1/s1. The fourth-order valence-electron chi connectivity index (χ4n) is 4.54. The van der Waals surface area contributed by atoms with Crippen molar-refractivity contribution < 1.29 is 59.8 Å². The van der Waals surface area contributed by atoms with E-state index in [-0.39, 0.29) is 13.2 Å². The summed E-state index contributed by atoms with van der Waals surface area (Å²) in [6.45, 7) is 0.330. The summed E-state index contributed by atoms with van der Waals surface area (Å²) in [4.78, 5) is 0. The highest BCUT2D eigenvalue weighted by molar-refractivity contribution is 4.98. The van der Waals surface area contributed by atoms with Crippen molar-refractivity contribution in [3.63, 3.8) is 0 Å². The van der Waals surface area contributed by atoms with Crippen LogP contribution in [0.2, 0.25) is 0 Å². The Kier molecular flexibility index (Phi) is 13.9. The predicted molar refractivity (Wildman–Crippen MR) is 126 cm³/mol. The number of aliphatic hydroxyl groups is 8. The summed E-state index contributed by atoms with van der Waals surface area (Å²) in [5.74, 6) is -2.23. The molecular weight excluding hydrogens is 480 g/mol. The van der Waals surface area contributed by atoms with E-state index < -0.39 is 74.1 Å². The molecule has 2 aliphatic heterocycles. The first-order valence-corrected chi connectivity index (χ1v) is 13.1. The van der Waals surface area contributed by atoms with Gasteiger partial charge in [0, 0.05) is 0 Å². The number of unbranched alkanes of at least 4 members (excludes halogenated alkanes) is 7. The molecule has 36 heavy (non-hydrogen) atoms. The van der Waals surface area contributed by atoms with Gasteiger partial charge in [0.1, 0.15) is 49.3 Å². The highest BCUT2D eigenvalue weighted by Crippen LogP contribution is 2.36. The summed E-state index contributed by atoms with van der Waals surface area (Å²) in [5.41, 5.74) is 0. The lowest BCUT2D eigenvalue weighted by Gasteiger charge is -2.43. The average Bonchev–Trinajstić information content (AvgIpc) is 3.11. The maximum absolute atomic E-state index is 10.5. The van der Waals surface area contributed by atoms with Crippen molar-refractivity contribution in [3.05, 3.63) is 0 Å². The van der Waals surface area contributed by atoms with Gasteiger partial charge in [-0.05, 0) is 6.42 Å². The smallest absolute Gasteiger partial charge is 0.224 e. The van der Waals surface area contributed by atoms with Crippen LogP contribution in [0.3, 0.4) is 0 Å². The summed E-state index contributed by atoms with van der Waals surface area (Å²) in [6.07, 6.45) is -3.42. The Balaban J connectivity index is 1.77. The maximum Gasteiger partial charge on any atom is 0.224 e. The van der Waals surface area contributed by atoms with Crippen molar-refractivity contribution in [3.8, 4) is 0 Å². The van der Waals surface area contributed by atoms with Gasteiger partial charge in [-0.2, -0.15) is 0 Å². The molecule has 8 N–H and O–H groups in total. The number of hydrogen-bond donors (Lipinski definition) is 8. The van der Waals surface area contributed by atoms with Crippen LogP contribution in [0.5, 0.6) is 0 Å². The first kappa shape index (κ1) is 31.7. The maximum atomic E-state index is 10.5. The molecule has 0 bridgehead atoms. The normalized spacial score (nSPS) is 37.9. The van der Waals surface area contributed by atoms with E-state index in [1.165, 1.54) is 32.1 Å². The second-order valence-corrected chi connectivity index (χ2v) is 9.83. The fraction of sp³-hybridized carbons (Fsp3) is 1.00. The van der Waals surface area contributed by atoms with E-state index in [0.29, 0.717) is 6.42 Å². The molecule has 2 saturated heterocycles. The lowest BCUT2D eigenvalue weighted by molar-refractivity contribution is -0.383. The van der Waals surface area contributed by atoms with Crippen LogP contribution in [0, 0.1) is 0 Å². The molecule has 1 unspecified atom stereocenters. The Morgan fingerprint density at radius 3 is 2.06 bits per heavy atom. The van der Waals surface area contributed by atoms with Crippen LogP contribution in [0.4, 0.5) is 0 Å². The van der Waals surface area contributed by atoms with Crippen LogP contribution in [0.25, 0.3) is 0 Å². The Hall–Kier alpha value is -0.480. The molecule has 2 rings (SSSR count). The zero-order valence-electron chi connectivity index (χ0n) is 21.1. The van der Waals surface area contributed by atoms with E-state index in [9.17, 15) is 40.9 Å². The molecule has 12 nitrogen and oxygen atoms in total. The lowest BCUT2D eigenvalue weighted by Crippen LogP contribution is -2.62. The van der Waals surface area contributed by atoms with Gasteiger partial charge in [0.25, 0.3) is 0 Å². The van der Waals surface area contributed by atoms with Crippen LogP contribution < -0.4 is 0 Å². The van der Waals surface area contributed by atoms with Crippen molar-refractivity contribution in [2.45, 2.75) is 126 Å². The van der Waals surface area contributed by atoms with Gasteiger partial charge in [0.05, 0.1) is 25.9 Å². The fourth-order valence-corrected chi connectivity index (χ4v) is 4.54. The first-order chi connectivity index (χ1) is 17.2. The van der Waals surface area contributed by atoms with Gasteiger partial charge >= 0.3 is 0 Å². The molecule has 0 aromatic carbocycles. The molecule has 0 aromatic heterocycles. The van der Waals surface area contributed by atoms with Gasteiger partial charge in [-0.3, -0.25) is 0 Å². The van der Waals surface area contributed by atoms with Crippen molar-refractivity contribution in [1.29, 1.82) is 0 Å². The summed E-state index contributed by atoms with van der Waals surface area (Å²) >= 11 is 0. The van der Waals surface area contributed by atoms with Crippen LogP contribution >= 0.6 is 0 Å². The number of hydrogen-bond acceptors (Lipinski definition) is 12. The molecule has 214 valence electrons. The van der Waals surface area contributed by atoms with E-state index in [2.05, 4.69) is 6.92 Å². The van der Waals surface area contributed by atoms with E-state index in [4.69, 9.17) is 18.9 Å². The minimum atomic E-state index is -2.23. The van der Waals surface area contributed by atoms with Crippen molar-refractivity contribution in [2.24, 2.45) is 0 Å². The topological polar surface area (TPSA) is 199 Å². The average molecular weight is 527 g/mol. The molecule has 0 aromatic rings. The Morgan fingerprint density at radius 1 is 0.806 bits per heavy atom. The van der Waals surface area contributed by atoms with Crippen LogP contribution in [-0.2, 0) is 18.9 Å². The third-order valence-electron chi connectivity index (χ3n) is 6.87. The van der Waals surface area contributed by atoms with Gasteiger partial charge < -0.3 is 59.8 Å². The van der Waals surface area contributed by atoms with E-state index in [1.807, 2.05) is 0 Å². The molecule has 10 atom stereocenters.